The van der Waals surface area contributed by atoms with Gasteiger partial charge in [-0.15, -0.1) is 11.3 Å². The van der Waals surface area contributed by atoms with Crippen LogP contribution in [0.3, 0.4) is 0 Å². The number of rotatable bonds is 2. The van der Waals surface area contributed by atoms with Gasteiger partial charge in [0.25, 0.3) is 0 Å². The summed E-state index contributed by atoms with van der Waals surface area (Å²) in [6, 6.07) is 2.02. The summed E-state index contributed by atoms with van der Waals surface area (Å²) >= 11 is 1.67. The fourth-order valence-electron chi connectivity index (χ4n) is 2.56. The first-order chi connectivity index (χ1) is 9.29. The van der Waals surface area contributed by atoms with Gasteiger partial charge in [0.05, 0.1) is 10.2 Å². The number of carbonyl (C=O) groups excluding carboxylic acids is 1. The van der Waals surface area contributed by atoms with Crippen molar-refractivity contribution in [1.29, 1.82) is 0 Å². The molecule has 3 heterocycles. The van der Waals surface area contributed by atoms with Crippen LogP contribution in [0.2, 0.25) is 0 Å². The van der Waals surface area contributed by atoms with Crippen LogP contribution in [0.4, 0.5) is 5.82 Å². The maximum atomic E-state index is 11.6. The zero-order valence-corrected chi connectivity index (χ0v) is 11.6. The van der Waals surface area contributed by atoms with E-state index in [1.807, 2.05) is 11.4 Å². The molecule has 2 aromatic heterocycles. The number of aromatic nitrogens is 2. The van der Waals surface area contributed by atoms with Gasteiger partial charge >= 0.3 is 0 Å². The second-order valence-corrected chi connectivity index (χ2v) is 5.62. The van der Waals surface area contributed by atoms with Crippen LogP contribution in [-0.4, -0.2) is 36.0 Å². The van der Waals surface area contributed by atoms with Gasteiger partial charge < -0.3 is 10.2 Å². The molecule has 0 bridgehead atoms. The van der Waals surface area contributed by atoms with Crippen LogP contribution in [0, 0.1) is 5.92 Å². The Hall–Kier alpha value is -1.69. The molecule has 0 saturated carbocycles. The number of amides is 1. The van der Waals surface area contributed by atoms with Crippen LogP contribution in [0.1, 0.15) is 12.8 Å². The van der Waals surface area contributed by atoms with E-state index in [2.05, 4.69) is 20.2 Å². The summed E-state index contributed by atoms with van der Waals surface area (Å²) < 4.78 is 1.14. The molecule has 1 amide bonds. The third kappa shape index (κ3) is 2.28. The predicted octanol–water partition coefficient (Wildman–Crippen LogP) is 1.65. The Morgan fingerprint density at radius 3 is 2.95 bits per heavy atom. The van der Waals surface area contributed by atoms with Crippen molar-refractivity contribution in [3.05, 3.63) is 17.8 Å². The minimum Gasteiger partial charge on any atom is -0.359 e. The van der Waals surface area contributed by atoms with Crippen LogP contribution in [0.15, 0.2) is 17.8 Å². The molecule has 1 aliphatic heterocycles. The van der Waals surface area contributed by atoms with Crippen molar-refractivity contribution in [2.45, 2.75) is 12.8 Å². The molecular weight excluding hydrogens is 260 g/mol. The third-order valence-electron chi connectivity index (χ3n) is 3.64. The third-order valence-corrected chi connectivity index (χ3v) is 4.54. The molecule has 0 atom stereocenters. The zero-order chi connectivity index (χ0) is 13.2. The Balaban J connectivity index is 1.78. The van der Waals surface area contributed by atoms with E-state index in [1.165, 1.54) is 0 Å². The Morgan fingerprint density at radius 2 is 2.21 bits per heavy atom. The highest BCUT2D eigenvalue weighted by molar-refractivity contribution is 7.17. The topological polar surface area (TPSA) is 58.1 Å². The highest BCUT2D eigenvalue weighted by atomic mass is 32.1. The number of hydrogen-bond donors (Lipinski definition) is 1. The second kappa shape index (κ2) is 5.13. The molecule has 5 nitrogen and oxygen atoms in total. The number of anilines is 1. The van der Waals surface area contributed by atoms with E-state index in [9.17, 15) is 4.79 Å². The number of fused-ring (bicyclic) bond motifs is 1. The average molecular weight is 276 g/mol. The Morgan fingerprint density at radius 1 is 1.42 bits per heavy atom. The lowest BCUT2D eigenvalue weighted by atomic mass is 9.96. The number of thiophene rings is 1. The number of piperidine rings is 1. The van der Waals surface area contributed by atoms with E-state index >= 15 is 0 Å². The monoisotopic (exact) mass is 276 g/mol. The van der Waals surface area contributed by atoms with Crippen molar-refractivity contribution in [2.75, 3.05) is 25.0 Å². The van der Waals surface area contributed by atoms with Gasteiger partial charge in [-0.2, -0.15) is 0 Å². The lowest BCUT2D eigenvalue weighted by Gasteiger charge is -2.32. The summed E-state index contributed by atoms with van der Waals surface area (Å²) in [4.78, 5) is 22.6. The molecule has 2 aromatic rings. The zero-order valence-electron chi connectivity index (χ0n) is 10.8. The summed E-state index contributed by atoms with van der Waals surface area (Å²) in [7, 11) is 1.70. The largest absolute Gasteiger partial charge is 0.359 e. The van der Waals surface area contributed by atoms with Crippen molar-refractivity contribution in [3.8, 4) is 0 Å². The molecule has 1 aliphatic rings. The first-order valence-electron chi connectivity index (χ1n) is 6.44. The van der Waals surface area contributed by atoms with Crippen molar-refractivity contribution >= 4 is 33.3 Å². The number of nitrogens with zero attached hydrogens (tertiary/aromatic N) is 3. The highest BCUT2D eigenvalue weighted by Gasteiger charge is 2.25. The van der Waals surface area contributed by atoms with Crippen molar-refractivity contribution in [3.63, 3.8) is 0 Å². The smallest absolute Gasteiger partial charge is 0.222 e. The summed E-state index contributed by atoms with van der Waals surface area (Å²) in [5.74, 6) is 1.31. The lowest BCUT2D eigenvalue weighted by Crippen LogP contribution is -2.39. The minimum atomic E-state index is 0.141. The highest BCUT2D eigenvalue weighted by Crippen LogP contribution is 2.30. The summed E-state index contributed by atoms with van der Waals surface area (Å²) in [6.07, 6.45) is 3.39. The van der Waals surface area contributed by atoms with Gasteiger partial charge in [-0.3, -0.25) is 4.79 Å². The molecule has 1 N–H and O–H groups in total. The van der Waals surface area contributed by atoms with Crippen LogP contribution >= 0.6 is 11.3 Å². The molecule has 3 rings (SSSR count). The number of nitrogens with one attached hydrogen (secondary N) is 1. The van der Waals surface area contributed by atoms with Gasteiger partial charge in [0.2, 0.25) is 5.91 Å². The van der Waals surface area contributed by atoms with Crippen LogP contribution < -0.4 is 10.2 Å². The molecule has 0 spiro atoms. The van der Waals surface area contributed by atoms with Gasteiger partial charge in [-0.25, -0.2) is 9.97 Å². The van der Waals surface area contributed by atoms with Crippen molar-refractivity contribution < 1.29 is 4.79 Å². The predicted molar refractivity (Wildman–Crippen MR) is 76.4 cm³/mol. The summed E-state index contributed by atoms with van der Waals surface area (Å²) in [5, 5.41) is 4.78. The minimum absolute atomic E-state index is 0.141. The van der Waals surface area contributed by atoms with Gasteiger partial charge in [0.1, 0.15) is 12.1 Å². The molecule has 0 aromatic carbocycles. The van der Waals surface area contributed by atoms with E-state index in [4.69, 9.17) is 0 Å². The molecule has 0 aliphatic carbocycles. The quantitative estimate of drug-likeness (QED) is 0.906. The van der Waals surface area contributed by atoms with Crippen LogP contribution in [0.5, 0.6) is 0 Å². The fourth-order valence-corrected chi connectivity index (χ4v) is 3.42. The van der Waals surface area contributed by atoms with Crippen molar-refractivity contribution in [2.24, 2.45) is 5.92 Å². The van der Waals surface area contributed by atoms with Crippen LogP contribution in [0.25, 0.3) is 10.2 Å². The first-order valence-corrected chi connectivity index (χ1v) is 7.32. The normalized spacial score (nSPS) is 16.8. The molecule has 100 valence electrons. The molecule has 0 radical (unpaired) electrons. The Labute approximate surface area is 115 Å². The maximum Gasteiger partial charge on any atom is 0.222 e. The summed E-state index contributed by atoms with van der Waals surface area (Å²) in [5.41, 5.74) is 1.00. The standard InChI is InChI=1S/C13H16N4OS/c1-14-13(18)9-2-5-17(6-3-9)12-11-10(4-7-19-11)15-8-16-12/h4,7-9H,2-3,5-6H2,1H3,(H,14,18). The van der Waals surface area contributed by atoms with E-state index in [1.54, 1.807) is 24.7 Å². The molecule has 1 fully saturated rings. The SMILES string of the molecule is CNC(=O)C1CCN(c2ncnc3ccsc23)CC1. The average Bonchev–Trinajstić information content (AvgIpc) is 2.95. The van der Waals surface area contributed by atoms with Gasteiger partial charge in [0, 0.05) is 26.1 Å². The molecular formula is C13H16N4OS. The van der Waals surface area contributed by atoms with E-state index < -0.39 is 0 Å². The lowest BCUT2D eigenvalue weighted by molar-refractivity contribution is -0.125. The molecule has 19 heavy (non-hydrogen) atoms. The Bertz CT molecular complexity index is 589. The first kappa shape index (κ1) is 12.3. The maximum absolute atomic E-state index is 11.6. The molecule has 6 heteroatoms. The van der Waals surface area contributed by atoms with E-state index in [0.717, 1.165) is 42.0 Å². The van der Waals surface area contributed by atoms with Crippen molar-refractivity contribution in [1.82, 2.24) is 15.3 Å². The van der Waals surface area contributed by atoms with Gasteiger partial charge in [-0.1, -0.05) is 0 Å². The Kier molecular flexibility index (Phi) is 3.33. The molecule has 1 saturated heterocycles. The van der Waals surface area contributed by atoms with Gasteiger partial charge in [0.15, 0.2) is 0 Å². The summed E-state index contributed by atoms with van der Waals surface area (Å²) in [6.45, 7) is 1.75. The van der Waals surface area contributed by atoms with E-state index in [0.29, 0.717) is 0 Å². The van der Waals surface area contributed by atoms with Crippen LogP contribution in [-0.2, 0) is 4.79 Å². The fraction of sp³-hybridized carbons (Fsp3) is 0.462. The van der Waals surface area contributed by atoms with Gasteiger partial charge in [-0.05, 0) is 24.3 Å². The van der Waals surface area contributed by atoms with E-state index in [-0.39, 0.29) is 11.8 Å². The number of carbonyl (C=O) groups is 1. The molecule has 0 unspecified atom stereocenters. The number of hydrogen-bond acceptors (Lipinski definition) is 5. The second-order valence-electron chi connectivity index (χ2n) is 4.71.